The molecule has 3 N–H and O–H groups in total. The topological polar surface area (TPSA) is 69.6 Å². The molecule has 12 heavy (non-hydrogen) atoms. The zero-order valence-electron chi connectivity index (χ0n) is 7.58. The smallest absolute Gasteiger partial charge is 0.303 e. The van der Waals surface area contributed by atoms with E-state index in [1.807, 2.05) is 13.8 Å². The Morgan fingerprint density at radius 2 is 2.08 bits per heavy atom. The van der Waals surface area contributed by atoms with Crippen molar-refractivity contribution in [2.45, 2.75) is 38.8 Å². The van der Waals surface area contributed by atoms with E-state index in [1.165, 1.54) is 0 Å². The SMILES string of the molecule is CC(C)NCC(O)CCC(=O)O. The van der Waals surface area contributed by atoms with Gasteiger partial charge < -0.3 is 15.5 Å². The van der Waals surface area contributed by atoms with Crippen molar-refractivity contribution in [2.75, 3.05) is 6.54 Å². The zero-order chi connectivity index (χ0) is 9.56. The van der Waals surface area contributed by atoms with Crippen molar-refractivity contribution in [1.82, 2.24) is 5.32 Å². The molecule has 0 radical (unpaired) electrons. The van der Waals surface area contributed by atoms with E-state index < -0.39 is 12.1 Å². The third-order valence-corrected chi connectivity index (χ3v) is 1.45. The highest BCUT2D eigenvalue weighted by molar-refractivity contribution is 5.66. The summed E-state index contributed by atoms with van der Waals surface area (Å²) >= 11 is 0. The fourth-order valence-electron chi connectivity index (χ4n) is 0.764. The molecule has 0 saturated heterocycles. The third kappa shape index (κ3) is 7.50. The first-order valence-corrected chi connectivity index (χ1v) is 4.15. The second-order valence-corrected chi connectivity index (χ2v) is 3.15. The highest BCUT2D eigenvalue weighted by Gasteiger charge is 2.06. The van der Waals surface area contributed by atoms with Gasteiger partial charge in [0.2, 0.25) is 0 Å². The summed E-state index contributed by atoms with van der Waals surface area (Å²) in [7, 11) is 0. The highest BCUT2D eigenvalue weighted by atomic mass is 16.4. The van der Waals surface area contributed by atoms with Gasteiger partial charge in [-0.25, -0.2) is 0 Å². The maximum atomic E-state index is 10.1. The molecule has 0 spiro atoms. The molecule has 0 aliphatic carbocycles. The molecule has 1 unspecified atom stereocenters. The minimum Gasteiger partial charge on any atom is -0.481 e. The largest absolute Gasteiger partial charge is 0.481 e. The van der Waals surface area contributed by atoms with Gasteiger partial charge in [-0.05, 0) is 6.42 Å². The number of aliphatic carboxylic acids is 1. The summed E-state index contributed by atoms with van der Waals surface area (Å²) in [4.78, 5) is 10.1. The van der Waals surface area contributed by atoms with Gasteiger partial charge in [0.15, 0.2) is 0 Å². The molecule has 72 valence electrons. The van der Waals surface area contributed by atoms with Gasteiger partial charge >= 0.3 is 5.97 Å². The molecule has 0 aliphatic rings. The van der Waals surface area contributed by atoms with Crippen LogP contribution >= 0.6 is 0 Å². The van der Waals surface area contributed by atoms with Gasteiger partial charge in [0.25, 0.3) is 0 Å². The lowest BCUT2D eigenvalue weighted by Gasteiger charge is -2.12. The Bertz CT molecular complexity index is 136. The quantitative estimate of drug-likeness (QED) is 0.539. The van der Waals surface area contributed by atoms with Gasteiger partial charge in [0.1, 0.15) is 0 Å². The Balaban J connectivity index is 3.33. The summed E-state index contributed by atoms with van der Waals surface area (Å²) < 4.78 is 0. The second-order valence-electron chi connectivity index (χ2n) is 3.15. The van der Waals surface area contributed by atoms with Crippen LogP contribution in [0.2, 0.25) is 0 Å². The van der Waals surface area contributed by atoms with E-state index in [-0.39, 0.29) is 6.42 Å². The molecule has 0 aromatic rings. The molecular formula is C8H17NO3. The number of aliphatic hydroxyl groups excluding tert-OH is 1. The first-order chi connectivity index (χ1) is 5.52. The Labute approximate surface area is 72.6 Å². The van der Waals surface area contributed by atoms with Crippen LogP contribution in [0.4, 0.5) is 0 Å². The molecule has 1 atom stereocenters. The fraction of sp³-hybridized carbons (Fsp3) is 0.875. The Morgan fingerprint density at radius 3 is 2.50 bits per heavy atom. The maximum Gasteiger partial charge on any atom is 0.303 e. The second kappa shape index (κ2) is 5.97. The van der Waals surface area contributed by atoms with Crippen molar-refractivity contribution in [1.29, 1.82) is 0 Å². The minimum absolute atomic E-state index is 0.0287. The minimum atomic E-state index is -0.862. The molecule has 0 rings (SSSR count). The number of carbonyl (C=O) groups is 1. The molecule has 4 heteroatoms. The van der Waals surface area contributed by atoms with Crippen LogP contribution < -0.4 is 5.32 Å². The van der Waals surface area contributed by atoms with Gasteiger partial charge in [-0.15, -0.1) is 0 Å². The summed E-state index contributed by atoms with van der Waals surface area (Å²) in [5.74, 6) is -0.862. The Kier molecular flexibility index (Phi) is 5.66. The van der Waals surface area contributed by atoms with Crippen LogP contribution in [0.3, 0.4) is 0 Å². The molecule has 0 bridgehead atoms. The first kappa shape index (κ1) is 11.4. The van der Waals surface area contributed by atoms with Gasteiger partial charge in [0.05, 0.1) is 6.10 Å². The molecular weight excluding hydrogens is 158 g/mol. The van der Waals surface area contributed by atoms with E-state index in [1.54, 1.807) is 0 Å². The van der Waals surface area contributed by atoms with E-state index >= 15 is 0 Å². The lowest BCUT2D eigenvalue weighted by molar-refractivity contribution is -0.137. The highest BCUT2D eigenvalue weighted by Crippen LogP contribution is 1.95. The van der Waals surface area contributed by atoms with Crippen LogP contribution in [0, 0.1) is 0 Å². The lowest BCUT2D eigenvalue weighted by Crippen LogP contribution is -2.32. The van der Waals surface area contributed by atoms with E-state index in [9.17, 15) is 9.90 Å². The van der Waals surface area contributed by atoms with E-state index in [2.05, 4.69) is 5.32 Å². The number of aliphatic hydroxyl groups is 1. The summed E-state index contributed by atoms with van der Waals surface area (Å²) in [6, 6.07) is 0.324. The Hall–Kier alpha value is -0.610. The third-order valence-electron chi connectivity index (χ3n) is 1.45. The van der Waals surface area contributed by atoms with Gasteiger partial charge in [0, 0.05) is 19.0 Å². The maximum absolute atomic E-state index is 10.1. The fourth-order valence-corrected chi connectivity index (χ4v) is 0.764. The summed E-state index contributed by atoms with van der Waals surface area (Å²) in [6.45, 7) is 4.42. The zero-order valence-corrected chi connectivity index (χ0v) is 7.58. The van der Waals surface area contributed by atoms with Crippen LogP contribution in [0.5, 0.6) is 0 Å². The molecule has 0 aliphatic heterocycles. The van der Waals surface area contributed by atoms with Crippen molar-refractivity contribution in [3.63, 3.8) is 0 Å². The number of hydrogen-bond donors (Lipinski definition) is 3. The molecule has 0 heterocycles. The lowest BCUT2D eigenvalue weighted by atomic mass is 10.2. The molecule has 0 aromatic heterocycles. The normalized spacial score (nSPS) is 13.3. The van der Waals surface area contributed by atoms with Gasteiger partial charge in [-0.3, -0.25) is 4.79 Å². The summed E-state index contributed by atoms with van der Waals surface area (Å²) in [5.41, 5.74) is 0. The number of hydrogen-bond acceptors (Lipinski definition) is 3. The van der Waals surface area contributed by atoms with Crippen molar-refractivity contribution >= 4 is 5.97 Å². The van der Waals surface area contributed by atoms with Crippen LogP contribution in [0.15, 0.2) is 0 Å². The van der Waals surface area contributed by atoms with Crippen molar-refractivity contribution in [3.8, 4) is 0 Å². The van der Waals surface area contributed by atoms with Crippen LogP contribution in [0.25, 0.3) is 0 Å². The predicted molar refractivity (Wildman–Crippen MR) is 46.0 cm³/mol. The van der Waals surface area contributed by atoms with E-state index in [0.717, 1.165) is 0 Å². The summed E-state index contributed by atoms with van der Waals surface area (Å²) in [6.07, 6.45) is -0.209. The summed E-state index contributed by atoms with van der Waals surface area (Å²) in [5, 5.41) is 20.6. The predicted octanol–water partition coefficient (Wildman–Crippen LogP) is 0.210. The van der Waals surface area contributed by atoms with E-state index in [0.29, 0.717) is 19.0 Å². The monoisotopic (exact) mass is 175 g/mol. The van der Waals surface area contributed by atoms with E-state index in [4.69, 9.17) is 5.11 Å². The molecule has 4 nitrogen and oxygen atoms in total. The van der Waals surface area contributed by atoms with Crippen molar-refractivity contribution < 1.29 is 15.0 Å². The number of rotatable bonds is 6. The first-order valence-electron chi connectivity index (χ1n) is 4.15. The van der Waals surface area contributed by atoms with Crippen LogP contribution in [-0.2, 0) is 4.79 Å². The van der Waals surface area contributed by atoms with Gasteiger partial charge in [-0.2, -0.15) is 0 Å². The number of carboxylic acid groups (broad SMARTS) is 1. The van der Waals surface area contributed by atoms with Gasteiger partial charge in [-0.1, -0.05) is 13.8 Å². The molecule has 0 saturated carbocycles. The van der Waals surface area contributed by atoms with Crippen LogP contribution in [-0.4, -0.2) is 34.9 Å². The number of nitrogens with one attached hydrogen (secondary N) is 1. The molecule has 0 fully saturated rings. The average Bonchev–Trinajstić information content (AvgIpc) is 1.96. The van der Waals surface area contributed by atoms with Crippen LogP contribution in [0.1, 0.15) is 26.7 Å². The van der Waals surface area contributed by atoms with Crippen molar-refractivity contribution in [3.05, 3.63) is 0 Å². The molecule has 0 aromatic carbocycles. The van der Waals surface area contributed by atoms with Crippen molar-refractivity contribution in [2.24, 2.45) is 0 Å². The Morgan fingerprint density at radius 1 is 1.50 bits per heavy atom. The average molecular weight is 175 g/mol. The number of carboxylic acids is 1. The standard InChI is InChI=1S/C8H17NO3/c1-6(2)9-5-7(10)3-4-8(11)12/h6-7,9-10H,3-5H2,1-2H3,(H,11,12). The molecule has 0 amide bonds.